The third-order valence-corrected chi connectivity index (χ3v) is 4.83. The summed E-state index contributed by atoms with van der Waals surface area (Å²) in [5.41, 5.74) is 1.48. The van der Waals surface area contributed by atoms with Crippen LogP contribution in [0.25, 0.3) is 0 Å². The molecule has 2 atom stereocenters. The first kappa shape index (κ1) is 16.5. The Morgan fingerprint density at radius 1 is 1.19 bits per heavy atom. The van der Waals surface area contributed by atoms with E-state index in [1.165, 1.54) is 50.9 Å². The average Bonchev–Trinajstić information content (AvgIpc) is 2.67. The van der Waals surface area contributed by atoms with Crippen LogP contribution in [0.15, 0.2) is 30.3 Å². The minimum Gasteiger partial charge on any atom is -0.312 e. The van der Waals surface area contributed by atoms with Crippen LogP contribution in [0.4, 0.5) is 0 Å². The van der Waals surface area contributed by atoms with Gasteiger partial charge in [0, 0.05) is 18.6 Å². The Kier molecular flexibility index (Phi) is 6.72. The summed E-state index contributed by atoms with van der Waals surface area (Å²) in [5, 5.41) is 3.72. The predicted molar refractivity (Wildman–Crippen MR) is 91.7 cm³/mol. The van der Waals surface area contributed by atoms with Gasteiger partial charge in [0.15, 0.2) is 0 Å². The van der Waals surface area contributed by atoms with Gasteiger partial charge in [-0.1, -0.05) is 44.2 Å². The average molecular weight is 288 g/mol. The molecule has 2 heteroatoms. The lowest BCUT2D eigenvalue weighted by atomic mass is 10.0. The van der Waals surface area contributed by atoms with E-state index in [1.807, 2.05) is 0 Å². The maximum Gasteiger partial charge on any atom is 0.0218 e. The second-order valence-electron chi connectivity index (χ2n) is 6.88. The maximum absolute atomic E-state index is 3.72. The van der Waals surface area contributed by atoms with Crippen molar-refractivity contribution >= 4 is 0 Å². The topological polar surface area (TPSA) is 15.3 Å². The zero-order valence-electron chi connectivity index (χ0n) is 14.0. The molecule has 1 heterocycles. The third-order valence-electron chi connectivity index (χ3n) is 4.83. The molecule has 0 radical (unpaired) electrons. The first-order valence-corrected chi connectivity index (χ1v) is 8.68. The number of unbranched alkanes of at least 4 members (excludes halogenated alkanes) is 1. The molecular formula is C19H32N2. The number of nitrogens with zero attached hydrogens (tertiary/aromatic N) is 1. The summed E-state index contributed by atoms with van der Waals surface area (Å²) in [5.74, 6) is 0.724. The van der Waals surface area contributed by atoms with Crippen LogP contribution >= 0.6 is 0 Å². The molecule has 1 aromatic rings. The lowest BCUT2D eigenvalue weighted by Crippen LogP contribution is -2.43. The van der Waals surface area contributed by atoms with Crippen LogP contribution < -0.4 is 5.32 Å². The van der Waals surface area contributed by atoms with Gasteiger partial charge in [-0.25, -0.2) is 0 Å². The summed E-state index contributed by atoms with van der Waals surface area (Å²) >= 11 is 0. The zero-order valence-corrected chi connectivity index (χ0v) is 14.0. The molecule has 0 aromatic heterocycles. The fourth-order valence-corrected chi connectivity index (χ4v) is 3.20. The van der Waals surface area contributed by atoms with E-state index in [9.17, 15) is 0 Å². The Balaban J connectivity index is 1.74. The Hall–Kier alpha value is -0.860. The van der Waals surface area contributed by atoms with Crippen LogP contribution in [0.3, 0.4) is 0 Å². The monoisotopic (exact) mass is 288 g/mol. The smallest absolute Gasteiger partial charge is 0.0218 e. The first-order chi connectivity index (χ1) is 10.2. The van der Waals surface area contributed by atoms with Crippen LogP contribution in [0, 0.1) is 5.92 Å². The molecular weight excluding hydrogens is 256 g/mol. The van der Waals surface area contributed by atoms with Gasteiger partial charge in [0.25, 0.3) is 0 Å². The number of hydrogen-bond donors (Lipinski definition) is 1. The number of rotatable bonds is 6. The number of nitrogens with one attached hydrogen (secondary N) is 1. The molecule has 2 rings (SSSR count). The normalized spacial score (nSPS) is 24.2. The van der Waals surface area contributed by atoms with E-state index in [2.05, 4.69) is 61.3 Å². The van der Waals surface area contributed by atoms with Crippen LogP contribution in [0.2, 0.25) is 0 Å². The molecule has 1 aliphatic heterocycles. The lowest BCUT2D eigenvalue weighted by molar-refractivity contribution is 0.189. The van der Waals surface area contributed by atoms with Crippen LogP contribution in [-0.4, -0.2) is 36.6 Å². The van der Waals surface area contributed by atoms with E-state index in [0.29, 0.717) is 6.04 Å². The van der Waals surface area contributed by atoms with Gasteiger partial charge in [-0.05, 0) is 57.2 Å². The molecule has 0 saturated carbocycles. The van der Waals surface area contributed by atoms with E-state index in [1.54, 1.807) is 0 Å². The molecule has 0 bridgehead atoms. The second-order valence-corrected chi connectivity index (χ2v) is 6.88. The van der Waals surface area contributed by atoms with Gasteiger partial charge in [-0.2, -0.15) is 0 Å². The Morgan fingerprint density at radius 2 is 1.95 bits per heavy atom. The van der Waals surface area contributed by atoms with Gasteiger partial charge in [-0.15, -0.1) is 0 Å². The highest BCUT2D eigenvalue weighted by molar-refractivity contribution is 5.14. The fraction of sp³-hybridized carbons (Fsp3) is 0.684. The first-order valence-electron chi connectivity index (χ1n) is 8.68. The van der Waals surface area contributed by atoms with Crippen molar-refractivity contribution in [3.8, 4) is 0 Å². The highest BCUT2D eigenvalue weighted by Crippen LogP contribution is 2.15. The number of benzene rings is 1. The minimum absolute atomic E-state index is 0.657. The molecule has 1 aromatic carbocycles. The minimum atomic E-state index is 0.657. The van der Waals surface area contributed by atoms with E-state index >= 15 is 0 Å². The largest absolute Gasteiger partial charge is 0.312 e. The van der Waals surface area contributed by atoms with Crippen LogP contribution in [0.1, 0.15) is 45.6 Å². The molecule has 0 amide bonds. The molecule has 2 nitrogen and oxygen atoms in total. The molecule has 21 heavy (non-hydrogen) atoms. The van der Waals surface area contributed by atoms with Gasteiger partial charge in [0.2, 0.25) is 0 Å². The van der Waals surface area contributed by atoms with Crippen LogP contribution in [0.5, 0.6) is 0 Å². The standard InChI is InChI=1S/C19H32N2/c1-16(2)19-15-21(17(3)12-13-20-19)14-8-7-11-18-9-5-4-6-10-18/h4-6,9-10,16-17,19-20H,7-8,11-15H2,1-3H3. The van der Waals surface area contributed by atoms with E-state index in [-0.39, 0.29) is 0 Å². The predicted octanol–water partition coefficient (Wildman–Crippen LogP) is 3.72. The van der Waals surface area contributed by atoms with Crippen molar-refractivity contribution in [2.45, 2.75) is 58.5 Å². The molecule has 1 aliphatic rings. The van der Waals surface area contributed by atoms with E-state index < -0.39 is 0 Å². The maximum atomic E-state index is 3.72. The number of hydrogen-bond acceptors (Lipinski definition) is 2. The Bertz CT molecular complexity index is 388. The fourth-order valence-electron chi connectivity index (χ4n) is 3.20. The summed E-state index contributed by atoms with van der Waals surface area (Å²) in [4.78, 5) is 2.70. The molecule has 1 saturated heterocycles. The van der Waals surface area contributed by atoms with E-state index in [0.717, 1.165) is 12.0 Å². The van der Waals surface area contributed by atoms with Gasteiger partial charge in [-0.3, -0.25) is 4.90 Å². The van der Waals surface area contributed by atoms with Crippen molar-refractivity contribution in [2.24, 2.45) is 5.92 Å². The molecule has 1 N–H and O–H groups in total. The molecule has 0 aliphatic carbocycles. The molecule has 0 spiro atoms. The van der Waals surface area contributed by atoms with Crippen molar-refractivity contribution in [3.63, 3.8) is 0 Å². The van der Waals surface area contributed by atoms with Gasteiger partial charge in [0.1, 0.15) is 0 Å². The third kappa shape index (κ3) is 5.44. The second kappa shape index (κ2) is 8.55. The van der Waals surface area contributed by atoms with Crippen LogP contribution in [-0.2, 0) is 6.42 Å². The zero-order chi connectivity index (χ0) is 15.1. The summed E-state index contributed by atoms with van der Waals surface area (Å²) in [6, 6.07) is 12.3. The highest BCUT2D eigenvalue weighted by Gasteiger charge is 2.23. The van der Waals surface area contributed by atoms with Crippen molar-refractivity contribution in [1.29, 1.82) is 0 Å². The summed E-state index contributed by atoms with van der Waals surface area (Å²) < 4.78 is 0. The van der Waals surface area contributed by atoms with Crippen molar-refractivity contribution < 1.29 is 0 Å². The quantitative estimate of drug-likeness (QED) is 0.803. The summed E-state index contributed by atoms with van der Waals surface area (Å²) in [6.07, 6.45) is 5.11. The van der Waals surface area contributed by atoms with Gasteiger partial charge in [0.05, 0.1) is 0 Å². The number of aryl methyl sites for hydroxylation is 1. The van der Waals surface area contributed by atoms with Gasteiger partial charge < -0.3 is 5.32 Å². The van der Waals surface area contributed by atoms with Crippen molar-refractivity contribution in [1.82, 2.24) is 10.2 Å². The Labute approximate surface area is 130 Å². The van der Waals surface area contributed by atoms with Gasteiger partial charge >= 0.3 is 0 Å². The Morgan fingerprint density at radius 3 is 2.67 bits per heavy atom. The van der Waals surface area contributed by atoms with Crippen molar-refractivity contribution in [3.05, 3.63) is 35.9 Å². The van der Waals surface area contributed by atoms with Crippen molar-refractivity contribution in [2.75, 3.05) is 19.6 Å². The highest BCUT2D eigenvalue weighted by atomic mass is 15.2. The molecule has 1 fully saturated rings. The SMILES string of the molecule is CC(C)C1CN(CCCCc2ccccc2)C(C)CCN1. The lowest BCUT2D eigenvalue weighted by Gasteiger charge is -2.30. The van der Waals surface area contributed by atoms with E-state index in [4.69, 9.17) is 0 Å². The summed E-state index contributed by atoms with van der Waals surface area (Å²) in [7, 11) is 0. The molecule has 2 unspecified atom stereocenters. The summed E-state index contributed by atoms with van der Waals surface area (Å²) in [6.45, 7) is 10.7. The molecule has 118 valence electrons.